The van der Waals surface area contributed by atoms with Crippen LogP contribution in [0.4, 0.5) is 0 Å². The predicted molar refractivity (Wildman–Crippen MR) is 441 cm³/mol. The Morgan fingerprint density at radius 2 is 1.17 bits per heavy atom. The van der Waals surface area contributed by atoms with Gasteiger partial charge < -0.3 is 101 Å². The van der Waals surface area contributed by atoms with Crippen LogP contribution in [0, 0.1) is 11.8 Å². The Morgan fingerprint density at radius 3 is 1.75 bits per heavy atom. The average molecular weight is 1680 g/mol. The van der Waals surface area contributed by atoms with Crippen molar-refractivity contribution in [3.63, 3.8) is 0 Å². The first kappa shape index (κ1) is 92.2. The van der Waals surface area contributed by atoms with E-state index >= 15 is 24.0 Å². The van der Waals surface area contributed by atoms with Gasteiger partial charge in [-0.2, -0.15) is 23.5 Å². The van der Waals surface area contributed by atoms with Gasteiger partial charge in [-0.3, -0.25) is 77.1 Å². The number of carbonyl (C=O) groups excluding carboxylic acids is 14. The summed E-state index contributed by atoms with van der Waals surface area (Å²) >= 11 is 2.29. The number of carbonyl (C=O) groups is 14. The van der Waals surface area contributed by atoms with Crippen LogP contribution in [0.3, 0.4) is 0 Å². The van der Waals surface area contributed by atoms with Gasteiger partial charge in [0.05, 0.1) is 30.4 Å². The van der Waals surface area contributed by atoms with Crippen LogP contribution in [0.5, 0.6) is 5.75 Å². The van der Waals surface area contributed by atoms with E-state index in [0.717, 1.165) is 23.5 Å². The van der Waals surface area contributed by atoms with E-state index in [1.807, 2.05) is 13.8 Å². The number of benzene rings is 3. The predicted octanol–water partition coefficient (Wildman–Crippen LogP) is -0.812. The second kappa shape index (κ2) is 44.9. The van der Waals surface area contributed by atoms with E-state index < -0.39 is 187 Å². The number of aromatic nitrogens is 5. The summed E-state index contributed by atoms with van der Waals surface area (Å²) in [6.45, 7) is 9.64. The molecule has 0 radical (unpaired) electrons. The molecule has 0 saturated carbocycles. The van der Waals surface area contributed by atoms with Gasteiger partial charge in [0.1, 0.15) is 78.3 Å². The number of aromatic hydroxyl groups is 1. The SMILES string of the molecule is CC(=O)N[C@@H](CC(C)C)C(=O)N[C@H](C(=O)N[C@@H](Cc1ccccc1)C(=O)N[C@@H]1CSCc2ccc(cn2)-c2ccc(nc2)CSC[C@@H](C(=O)N[C@@H](CO)C(N)=O)NC(=O)[C@H](C(C)C)NC(=O)[C@H](CCC(N)=O)NC(=O)[C@H](C)NC(=O)[C@H](Cc2c[nH]c3ccccc23)NC(=O)[C@H](Cc2ccc(O)cc2)NC(=O)[C@H](Cc2cnc[nH]2)NC1=O)[C@@H](C)O. The first-order chi connectivity index (χ1) is 56.7. The molecule has 3 aliphatic rings. The number of fused-ring (bicyclic) bond motifs is 3. The minimum Gasteiger partial charge on any atom is -0.508 e. The lowest BCUT2D eigenvalue weighted by Crippen LogP contribution is -2.62. The van der Waals surface area contributed by atoms with Crippen molar-refractivity contribution < 1.29 is 82.4 Å². The smallest absolute Gasteiger partial charge is 0.245 e. The molecule has 3 aliphatic heterocycles. The Hall–Kier alpha value is -12.3. The van der Waals surface area contributed by atoms with Gasteiger partial charge in [0.2, 0.25) is 82.7 Å². The maximum atomic E-state index is 15.5. The summed E-state index contributed by atoms with van der Waals surface area (Å²) in [6, 6.07) is 9.73. The van der Waals surface area contributed by atoms with E-state index in [1.54, 1.807) is 111 Å². The lowest BCUT2D eigenvalue weighted by atomic mass is 10.0. The molecule has 3 aromatic carbocycles. The molecule has 7 heterocycles. The van der Waals surface area contributed by atoms with Gasteiger partial charge in [0.15, 0.2) is 0 Å². The Morgan fingerprint density at radius 1 is 0.571 bits per heavy atom. The number of hydrogen-bond donors (Lipinski definition) is 19. The molecule has 14 amide bonds. The highest BCUT2D eigenvalue weighted by molar-refractivity contribution is 7.98. The van der Waals surface area contributed by atoms with Crippen LogP contribution in [-0.2, 0) is 104 Å². The zero-order valence-corrected chi connectivity index (χ0v) is 68.4. The van der Waals surface area contributed by atoms with Crippen LogP contribution in [-0.4, -0.2) is 220 Å². The van der Waals surface area contributed by atoms with Crippen molar-refractivity contribution in [3.8, 4) is 16.9 Å². The third kappa shape index (κ3) is 28.5. The minimum absolute atomic E-state index is 0.102. The number of amides is 14. The van der Waals surface area contributed by atoms with Crippen molar-refractivity contribution in [3.05, 3.63) is 168 Å². The Kier molecular flexibility index (Phi) is 34.8. The number of aliphatic hydroxyl groups is 2. The summed E-state index contributed by atoms with van der Waals surface area (Å²) < 4.78 is 0. The molecule has 36 nitrogen and oxygen atoms in total. The summed E-state index contributed by atoms with van der Waals surface area (Å²) in [5, 5.41) is 63.6. The molecule has 4 bridgehead atoms. The fourth-order valence-electron chi connectivity index (χ4n) is 12.7. The van der Waals surface area contributed by atoms with Gasteiger partial charge in [-0.1, -0.05) is 100 Å². The molecule has 21 N–H and O–H groups in total. The van der Waals surface area contributed by atoms with Crippen LogP contribution in [0.25, 0.3) is 22.0 Å². The molecule has 0 saturated heterocycles. The van der Waals surface area contributed by atoms with Gasteiger partial charge in [-0.15, -0.1) is 0 Å². The quantitative estimate of drug-likeness (QED) is 0.0315. The number of H-pyrrole nitrogens is 2. The summed E-state index contributed by atoms with van der Waals surface area (Å²) in [5.41, 5.74) is 15.6. The second-order valence-electron chi connectivity index (χ2n) is 29.7. The Labute approximate surface area is 694 Å². The van der Waals surface area contributed by atoms with Gasteiger partial charge in [-0.05, 0) is 85.5 Å². The monoisotopic (exact) mass is 1680 g/mol. The normalized spacial score (nSPS) is 20.4. The molecular weight excluding hydrogens is 1580 g/mol. The molecule has 0 spiro atoms. The Balaban J connectivity index is 1.19. The number of phenols is 1. The maximum absolute atomic E-state index is 15.5. The van der Waals surface area contributed by atoms with E-state index in [0.29, 0.717) is 55.8 Å². The van der Waals surface area contributed by atoms with E-state index in [9.17, 15) is 58.5 Å². The van der Waals surface area contributed by atoms with E-state index in [1.165, 1.54) is 57.6 Å². The fourth-order valence-corrected chi connectivity index (χ4v) is 14.6. The number of aliphatic hydroxyl groups excluding tert-OH is 2. The van der Waals surface area contributed by atoms with E-state index in [2.05, 4.69) is 88.7 Å². The van der Waals surface area contributed by atoms with Gasteiger partial charge in [0, 0.05) is 115 Å². The largest absolute Gasteiger partial charge is 0.508 e. The second-order valence-corrected chi connectivity index (χ2v) is 31.7. The lowest BCUT2D eigenvalue weighted by molar-refractivity contribution is -0.136. The van der Waals surface area contributed by atoms with Crippen molar-refractivity contribution in [1.29, 1.82) is 0 Å². The van der Waals surface area contributed by atoms with Crippen molar-refractivity contribution >= 4 is 117 Å². The fraction of sp³-hybridized carbons (Fsp3) is 0.420. The number of hydrogen-bond acceptors (Lipinski definition) is 22. The van der Waals surface area contributed by atoms with Crippen molar-refractivity contribution in [1.82, 2.24) is 88.7 Å². The lowest BCUT2D eigenvalue weighted by Gasteiger charge is -2.29. The molecule has 7 aromatic rings. The third-order valence-corrected chi connectivity index (χ3v) is 21.3. The van der Waals surface area contributed by atoms with Crippen LogP contribution in [0.1, 0.15) is 102 Å². The first-order valence-corrected chi connectivity index (χ1v) is 40.9. The van der Waals surface area contributed by atoms with Gasteiger partial charge in [0.25, 0.3) is 0 Å². The molecule has 38 heteroatoms. The minimum atomic E-state index is -1.69. The standard InChI is InChI=1S/C81H103N19O17S2/c1-42(2)27-59(90-46(7)103)77(113)100-69(45(6)102)81(117)95-61(28-47-13-9-8-10-14-47)75(111)97-65-39-118-37-52-21-19-49(32-85-52)50-20-22-53(86-33-50)38-119-40-66(79(115)96-64(36-101)70(83)106)98-80(116)68(43(3)4)99-72(108)58(25-26-67(82)105)91-71(107)44(5)89-73(109)62(30-51-34-87-57-16-12-11-15-56(51)57)93-74(110)60(29-48-17-23-55(104)24-18-48)92-76(112)63(94-78(65)114)31-54-35-84-41-88-54/h8-24,32-35,41-45,58-66,68-69,87,101-102,104H,25-31,36-40H2,1-7H3,(H2,82,105)(H2,83,106)(H,84,88)(H,89,109)(H,90,103)(H,91,107)(H,92,112)(H,93,110)(H,94,114)(H,95,117)(H,96,115)(H,97,111)(H,98,116)(H,99,108)(H,100,113)/t44-,45+,58-,59-,60-,61-,62-,63-,64-,65+,66-,68-,69-/m0/s1. The highest BCUT2D eigenvalue weighted by Gasteiger charge is 2.39. The number of para-hydroxylation sites is 1. The molecule has 0 fully saturated rings. The number of thioether (sulfide) groups is 2. The van der Waals surface area contributed by atoms with Crippen LogP contribution in [0.2, 0.25) is 0 Å². The average Bonchev–Trinajstić information content (AvgIpc) is 1.72. The zero-order valence-electron chi connectivity index (χ0n) is 66.7. The van der Waals surface area contributed by atoms with Gasteiger partial charge >= 0.3 is 0 Å². The summed E-state index contributed by atoms with van der Waals surface area (Å²) in [6.07, 6.45) is 4.05. The van der Waals surface area contributed by atoms with Crippen LogP contribution < -0.4 is 75.3 Å². The van der Waals surface area contributed by atoms with Crippen molar-refractivity contribution in [2.75, 3.05) is 18.1 Å². The van der Waals surface area contributed by atoms with Gasteiger partial charge in [-0.25, -0.2) is 4.98 Å². The topological polar surface area (TPSA) is 566 Å². The zero-order chi connectivity index (χ0) is 86.6. The molecule has 13 atom stereocenters. The molecule has 4 aromatic heterocycles. The number of nitrogens with two attached hydrogens (primary N) is 2. The summed E-state index contributed by atoms with van der Waals surface area (Å²) in [4.78, 5) is 218. The molecular formula is C81H103N19O17S2. The molecule has 0 unspecified atom stereocenters. The molecule has 636 valence electrons. The molecule has 119 heavy (non-hydrogen) atoms. The van der Waals surface area contributed by atoms with Crippen molar-refractivity contribution in [2.24, 2.45) is 23.3 Å². The molecule has 10 rings (SSSR count). The van der Waals surface area contributed by atoms with E-state index in [4.69, 9.17) is 11.5 Å². The van der Waals surface area contributed by atoms with Crippen molar-refractivity contribution in [2.45, 2.75) is 184 Å². The number of aromatic amines is 2. The Bertz CT molecular complexity index is 4670. The summed E-state index contributed by atoms with van der Waals surface area (Å²) in [7, 11) is 0. The number of imidazole rings is 1. The summed E-state index contributed by atoms with van der Waals surface area (Å²) in [5.74, 6) is -14.1. The highest BCUT2D eigenvalue weighted by Crippen LogP contribution is 2.24. The van der Waals surface area contributed by atoms with Crippen LogP contribution in [0.15, 0.2) is 134 Å². The number of nitrogens with one attached hydrogen (secondary N) is 14. The highest BCUT2D eigenvalue weighted by atomic mass is 32.2. The number of primary amides is 2. The first-order valence-electron chi connectivity index (χ1n) is 38.6. The number of phenolic OH excluding ortho intramolecular Hbond substituents is 1. The number of nitrogens with zero attached hydrogens (tertiary/aromatic N) is 3. The maximum Gasteiger partial charge on any atom is 0.245 e. The third-order valence-electron chi connectivity index (χ3n) is 19.2. The molecule has 0 aliphatic carbocycles. The number of pyridine rings is 2. The number of rotatable bonds is 26. The van der Waals surface area contributed by atoms with Crippen LogP contribution >= 0.6 is 23.5 Å². The van der Waals surface area contributed by atoms with E-state index in [-0.39, 0.29) is 66.8 Å².